The van der Waals surface area contributed by atoms with Crippen LogP contribution in [0.25, 0.3) is 0 Å². The highest BCUT2D eigenvalue weighted by Gasteiger charge is 2.18. The molecule has 0 unspecified atom stereocenters. The number of hydrogen-bond donors (Lipinski definition) is 0. The molecule has 0 fully saturated rings. The molecule has 0 aliphatic heterocycles. The van der Waals surface area contributed by atoms with Gasteiger partial charge in [-0.1, -0.05) is 36.9 Å². The van der Waals surface area contributed by atoms with Crippen LogP contribution < -0.4 is 4.90 Å². The van der Waals surface area contributed by atoms with Gasteiger partial charge >= 0.3 is 0 Å². The van der Waals surface area contributed by atoms with Gasteiger partial charge in [-0.2, -0.15) is 0 Å². The van der Waals surface area contributed by atoms with E-state index < -0.39 is 0 Å². The number of amides is 1. The summed E-state index contributed by atoms with van der Waals surface area (Å²) in [5, 5.41) is 11.2. The second-order valence-electron chi connectivity index (χ2n) is 5.31. The van der Waals surface area contributed by atoms with Crippen molar-refractivity contribution < 1.29 is 9.21 Å². The van der Waals surface area contributed by atoms with E-state index in [0.717, 1.165) is 24.2 Å². The molecule has 0 aliphatic rings. The predicted molar refractivity (Wildman–Crippen MR) is 99.2 cm³/mol. The lowest BCUT2D eigenvalue weighted by atomic mass is 10.3. The molecular formula is C17H18N4O2S2. The molecule has 2 heterocycles. The first-order chi connectivity index (χ1) is 12.2. The fourth-order valence-corrected chi connectivity index (χ4v) is 3.88. The van der Waals surface area contributed by atoms with E-state index in [1.807, 2.05) is 35.7 Å². The Hall–Kier alpha value is -2.19. The van der Waals surface area contributed by atoms with Crippen molar-refractivity contribution in [3.63, 3.8) is 0 Å². The maximum Gasteiger partial charge on any atom is 0.276 e. The molecule has 0 radical (unpaired) electrons. The van der Waals surface area contributed by atoms with Crippen LogP contribution in [0.3, 0.4) is 0 Å². The lowest BCUT2D eigenvalue weighted by Crippen LogP contribution is -2.22. The van der Waals surface area contributed by atoms with Crippen molar-refractivity contribution in [2.45, 2.75) is 37.7 Å². The fraction of sp³-hybridized carbons (Fsp3) is 0.294. The third kappa shape index (κ3) is 4.46. The molecule has 0 N–H and O–H groups in total. The molecule has 1 aromatic carbocycles. The van der Waals surface area contributed by atoms with Crippen molar-refractivity contribution in [2.75, 3.05) is 4.90 Å². The topological polar surface area (TPSA) is 72.1 Å². The van der Waals surface area contributed by atoms with Crippen molar-refractivity contribution in [2.24, 2.45) is 0 Å². The van der Waals surface area contributed by atoms with E-state index in [2.05, 4.69) is 22.1 Å². The Labute approximate surface area is 154 Å². The first kappa shape index (κ1) is 17.6. The van der Waals surface area contributed by atoms with E-state index >= 15 is 0 Å². The van der Waals surface area contributed by atoms with Gasteiger partial charge in [0.2, 0.25) is 11.8 Å². The highest BCUT2D eigenvalue weighted by atomic mass is 32.2. The van der Waals surface area contributed by atoms with Gasteiger partial charge in [0.05, 0.1) is 11.4 Å². The molecule has 130 valence electrons. The maximum absolute atomic E-state index is 12.1. The Morgan fingerprint density at radius 2 is 2.08 bits per heavy atom. The van der Waals surface area contributed by atoms with E-state index in [9.17, 15) is 4.79 Å². The van der Waals surface area contributed by atoms with E-state index in [4.69, 9.17) is 4.42 Å². The van der Waals surface area contributed by atoms with Gasteiger partial charge in [-0.25, -0.2) is 4.98 Å². The third-order valence-electron chi connectivity index (χ3n) is 3.32. The SMILES string of the molecule is CCCc1nnc(SCc2csc(N(C(C)=O)c3ccccc3)n2)o1. The number of hydrogen-bond acceptors (Lipinski definition) is 7. The van der Waals surface area contributed by atoms with Gasteiger partial charge < -0.3 is 4.42 Å². The van der Waals surface area contributed by atoms with Gasteiger partial charge in [-0.3, -0.25) is 9.69 Å². The highest BCUT2D eigenvalue weighted by Crippen LogP contribution is 2.30. The number of para-hydroxylation sites is 1. The van der Waals surface area contributed by atoms with Gasteiger partial charge in [0.15, 0.2) is 5.13 Å². The van der Waals surface area contributed by atoms with Crippen molar-refractivity contribution in [1.82, 2.24) is 15.2 Å². The monoisotopic (exact) mass is 374 g/mol. The van der Waals surface area contributed by atoms with Crippen LogP contribution in [0.15, 0.2) is 45.4 Å². The minimum absolute atomic E-state index is 0.0686. The molecule has 6 nitrogen and oxygen atoms in total. The number of aryl methyl sites for hydroxylation is 1. The smallest absolute Gasteiger partial charge is 0.276 e. The van der Waals surface area contributed by atoms with E-state index in [0.29, 0.717) is 22.0 Å². The molecule has 0 aliphatic carbocycles. The molecule has 3 aromatic rings. The zero-order valence-electron chi connectivity index (χ0n) is 14.0. The summed E-state index contributed by atoms with van der Waals surface area (Å²) in [5.41, 5.74) is 1.69. The number of thioether (sulfide) groups is 1. The number of benzene rings is 1. The normalized spacial score (nSPS) is 10.8. The summed E-state index contributed by atoms with van der Waals surface area (Å²) in [5.74, 6) is 1.21. The van der Waals surface area contributed by atoms with Crippen LogP contribution in [0.5, 0.6) is 0 Å². The summed E-state index contributed by atoms with van der Waals surface area (Å²) in [6.45, 7) is 3.61. The average Bonchev–Trinajstić information content (AvgIpc) is 3.24. The number of anilines is 2. The second-order valence-corrected chi connectivity index (χ2v) is 7.07. The van der Waals surface area contributed by atoms with Crippen LogP contribution in [-0.2, 0) is 17.0 Å². The Bertz CT molecular complexity index is 832. The Morgan fingerprint density at radius 1 is 1.28 bits per heavy atom. The lowest BCUT2D eigenvalue weighted by molar-refractivity contribution is -0.115. The van der Waals surface area contributed by atoms with Crippen molar-refractivity contribution >= 4 is 39.8 Å². The predicted octanol–water partition coefficient (Wildman–Crippen LogP) is 4.46. The number of aromatic nitrogens is 3. The number of carbonyl (C=O) groups is 1. The highest BCUT2D eigenvalue weighted by molar-refractivity contribution is 7.98. The van der Waals surface area contributed by atoms with Crippen molar-refractivity contribution in [3.05, 3.63) is 47.3 Å². The van der Waals surface area contributed by atoms with Crippen LogP contribution >= 0.6 is 23.1 Å². The van der Waals surface area contributed by atoms with Gasteiger partial charge in [-0.15, -0.1) is 21.5 Å². The quantitative estimate of drug-likeness (QED) is 0.569. The molecular weight excluding hydrogens is 356 g/mol. The van der Waals surface area contributed by atoms with Crippen LogP contribution in [-0.4, -0.2) is 21.1 Å². The van der Waals surface area contributed by atoms with Crippen LogP contribution in [0.1, 0.15) is 31.9 Å². The lowest BCUT2D eigenvalue weighted by Gasteiger charge is -2.17. The van der Waals surface area contributed by atoms with Gasteiger partial charge in [0, 0.05) is 24.5 Å². The molecule has 3 rings (SSSR count). The molecule has 1 amide bonds. The molecule has 2 aromatic heterocycles. The summed E-state index contributed by atoms with van der Waals surface area (Å²) in [7, 11) is 0. The first-order valence-corrected chi connectivity index (χ1v) is 9.79. The summed E-state index contributed by atoms with van der Waals surface area (Å²) in [6.07, 6.45) is 1.77. The Kier molecular flexibility index (Phi) is 5.83. The zero-order valence-corrected chi connectivity index (χ0v) is 15.6. The van der Waals surface area contributed by atoms with Crippen LogP contribution in [0.2, 0.25) is 0 Å². The van der Waals surface area contributed by atoms with Crippen molar-refractivity contribution in [1.29, 1.82) is 0 Å². The second kappa shape index (κ2) is 8.26. The average molecular weight is 374 g/mol. The molecule has 0 saturated carbocycles. The number of carbonyl (C=O) groups excluding carboxylic acids is 1. The summed E-state index contributed by atoms with van der Waals surface area (Å²) in [6, 6.07) is 9.51. The molecule has 0 spiro atoms. The van der Waals surface area contributed by atoms with Gasteiger partial charge in [0.25, 0.3) is 5.22 Å². The largest absolute Gasteiger partial charge is 0.416 e. The van der Waals surface area contributed by atoms with Gasteiger partial charge in [0.1, 0.15) is 0 Å². The Morgan fingerprint density at radius 3 is 2.80 bits per heavy atom. The number of rotatable bonds is 7. The molecule has 0 bridgehead atoms. The van der Waals surface area contributed by atoms with Gasteiger partial charge in [-0.05, 0) is 18.6 Å². The van der Waals surface area contributed by atoms with Crippen LogP contribution in [0, 0.1) is 0 Å². The summed E-state index contributed by atoms with van der Waals surface area (Å²) >= 11 is 2.89. The van der Waals surface area contributed by atoms with E-state index in [1.54, 1.807) is 4.90 Å². The molecule has 0 atom stereocenters. The fourth-order valence-electron chi connectivity index (χ4n) is 2.22. The van der Waals surface area contributed by atoms with E-state index in [1.165, 1.54) is 30.0 Å². The zero-order chi connectivity index (χ0) is 17.6. The maximum atomic E-state index is 12.1. The minimum atomic E-state index is -0.0686. The third-order valence-corrected chi connectivity index (χ3v) is 5.04. The van der Waals surface area contributed by atoms with E-state index in [-0.39, 0.29) is 5.91 Å². The minimum Gasteiger partial charge on any atom is -0.416 e. The Balaban J connectivity index is 1.69. The summed E-state index contributed by atoms with van der Waals surface area (Å²) in [4.78, 5) is 18.2. The standard InChI is InChI=1S/C17H18N4O2S2/c1-3-7-15-19-20-17(23-15)25-11-13-10-24-16(18-13)21(12(2)22)14-8-5-4-6-9-14/h4-6,8-10H,3,7,11H2,1-2H3. The van der Waals surface area contributed by atoms with Crippen molar-refractivity contribution in [3.8, 4) is 0 Å². The molecule has 0 saturated heterocycles. The summed E-state index contributed by atoms with van der Waals surface area (Å²) < 4.78 is 5.56. The number of nitrogens with zero attached hydrogens (tertiary/aromatic N) is 4. The molecule has 25 heavy (non-hydrogen) atoms. The number of thiazole rings is 1. The molecule has 8 heteroatoms. The van der Waals surface area contributed by atoms with Crippen LogP contribution in [0.4, 0.5) is 10.8 Å². The first-order valence-electron chi connectivity index (χ1n) is 7.92.